The third-order valence-corrected chi connectivity index (χ3v) is 4.11. The van der Waals surface area contributed by atoms with Gasteiger partial charge in [0.2, 0.25) is 0 Å². The number of hydrogen-bond acceptors (Lipinski definition) is 5. The molecule has 0 saturated carbocycles. The number of carbonyl (C=O) groups is 1. The van der Waals surface area contributed by atoms with Gasteiger partial charge in [-0.1, -0.05) is 28.1 Å². The fourth-order valence-corrected chi connectivity index (χ4v) is 2.69. The number of methoxy groups -OCH3 is 1. The Morgan fingerprint density at radius 3 is 2.70 bits per heavy atom. The lowest BCUT2D eigenvalue weighted by atomic mass is 10.2. The van der Waals surface area contributed by atoms with Crippen LogP contribution in [0.2, 0.25) is 0 Å². The Balaban J connectivity index is 2.03. The Labute approximate surface area is 161 Å². The van der Waals surface area contributed by atoms with Gasteiger partial charge in [-0.25, -0.2) is 4.39 Å². The number of aromatic hydroxyl groups is 1. The van der Waals surface area contributed by atoms with E-state index in [1.807, 2.05) is 0 Å². The molecule has 0 radical (unpaired) electrons. The quantitative estimate of drug-likeness (QED) is 0.659. The molecule has 138 valence electrons. The number of ether oxygens (including phenoxy) is 1. The summed E-state index contributed by atoms with van der Waals surface area (Å²) < 4.78 is 20.6. The second-order valence-corrected chi connectivity index (χ2v) is 6.29. The zero-order valence-electron chi connectivity index (χ0n) is 13.9. The van der Waals surface area contributed by atoms with E-state index in [9.17, 15) is 19.1 Å². The lowest BCUT2D eigenvalue weighted by Gasteiger charge is -2.12. The van der Waals surface area contributed by atoms with E-state index >= 15 is 0 Å². The zero-order valence-corrected chi connectivity index (χ0v) is 15.5. The molecule has 0 atom stereocenters. The average molecular weight is 434 g/mol. The highest BCUT2D eigenvalue weighted by molar-refractivity contribution is 9.10. The van der Waals surface area contributed by atoms with Crippen molar-refractivity contribution in [2.24, 2.45) is 0 Å². The summed E-state index contributed by atoms with van der Waals surface area (Å²) in [7, 11) is 1.42. The third-order valence-electron chi connectivity index (χ3n) is 3.62. The fourth-order valence-electron chi connectivity index (χ4n) is 2.36. The van der Waals surface area contributed by atoms with Gasteiger partial charge in [-0.15, -0.1) is 0 Å². The highest BCUT2D eigenvalue weighted by Gasteiger charge is 2.19. The number of para-hydroxylation sites is 2. The number of carbonyl (C=O) groups excluding carboxylic acids is 1. The highest BCUT2D eigenvalue weighted by atomic mass is 79.9. The Morgan fingerprint density at radius 2 is 2.00 bits per heavy atom. The van der Waals surface area contributed by atoms with Crippen LogP contribution in [0.3, 0.4) is 0 Å². The molecular formula is C18H13BrFN3O4. The molecule has 0 saturated heterocycles. The van der Waals surface area contributed by atoms with Crippen LogP contribution in [0.5, 0.6) is 11.5 Å². The Hall–Kier alpha value is -3.20. The first kappa shape index (κ1) is 18.6. The zero-order chi connectivity index (χ0) is 19.6. The number of anilines is 1. The van der Waals surface area contributed by atoms with Gasteiger partial charge in [-0.05, 0) is 30.3 Å². The molecule has 0 bridgehead atoms. The van der Waals surface area contributed by atoms with Gasteiger partial charge in [0.1, 0.15) is 17.3 Å². The molecule has 7 nitrogen and oxygen atoms in total. The van der Waals surface area contributed by atoms with Crippen LogP contribution in [0.1, 0.15) is 10.5 Å². The van der Waals surface area contributed by atoms with Gasteiger partial charge in [-0.2, -0.15) is 9.78 Å². The summed E-state index contributed by atoms with van der Waals surface area (Å²) in [5, 5.41) is 16.2. The smallest absolute Gasteiger partial charge is 0.280 e. The summed E-state index contributed by atoms with van der Waals surface area (Å²) in [5.41, 5.74) is -0.917. The molecule has 1 heterocycles. The van der Waals surface area contributed by atoms with Crippen molar-refractivity contribution in [1.29, 1.82) is 0 Å². The summed E-state index contributed by atoms with van der Waals surface area (Å²) in [5.74, 6) is -1.82. The highest BCUT2D eigenvalue weighted by Crippen LogP contribution is 2.23. The Bertz CT molecular complexity index is 1080. The van der Waals surface area contributed by atoms with Crippen molar-refractivity contribution in [1.82, 2.24) is 9.78 Å². The van der Waals surface area contributed by atoms with Crippen LogP contribution < -0.4 is 15.6 Å². The number of halogens is 2. The fraction of sp³-hybridized carbons (Fsp3) is 0.0556. The van der Waals surface area contributed by atoms with Crippen molar-refractivity contribution in [2.45, 2.75) is 0 Å². The molecule has 0 spiro atoms. The van der Waals surface area contributed by atoms with E-state index < -0.39 is 28.7 Å². The predicted molar refractivity (Wildman–Crippen MR) is 100 cm³/mol. The van der Waals surface area contributed by atoms with Gasteiger partial charge in [0, 0.05) is 10.5 Å². The minimum Gasteiger partial charge on any atom is -0.505 e. The maximum Gasteiger partial charge on any atom is 0.280 e. The summed E-state index contributed by atoms with van der Waals surface area (Å²) in [6, 6.07) is 11.5. The maximum atomic E-state index is 13.9. The van der Waals surface area contributed by atoms with Crippen molar-refractivity contribution >= 4 is 27.5 Å². The SMILES string of the molecule is COc1ccccc1-n1nc(C(=O)Nc2ccc(Br)cc2F)c(O)cc1=O. The van der Waals surface area contributed by atoms with Gasteiger partial charge < -0.3 is 15.2 Å². The Kier molecular flexibility index (Phi) is 5.22. The first-order valence-electron chi connectivity index (χ1n) is 7.64. The molecule has 2 N–H and O–H groups in total. The molecule has 3 rings (SSSR count). The molecule has 27 heavy (non-hydrogen) atoms. The molecule has 9 heteroatoms. The van der Waals surface area contributed by atoms with E-state index in [1.54, 1.807) is 30.3 Å². The van der Waals surface area contributed by atoms with Crippen molar-refractivity contribution in [2.75, 3.05) is 12.4 Å². The van der Waals surface area contributed by atoms with Crippen LogP contribution in [-0.2, 0) is 0 Å². The number of nitrogens with zero attached hydrogens (tertiary/aromatic N) is 2. The van der Waals surface area contributed by atoms with E-state index in [-0.39, 0.29) is 11.4 Å². The number of hydrogen-bond donors (Lipinski definition) is 2. The summed E-state index contributed by atoms with van der Waals surface area (Å²) >= 11 is 3.12. The summed E-state index contributed by atoms with van der Waals surface area (Å²) in [4.78, 5) is 24.7. The van der Waals surface area contributed by atoms with Gasteiger partial charge >= 0.3 is 0 Å². The number of aromatic nitrogens is 2. The van der Waals surface area contributed by atoms with Crippen molar-refractivity contribution in [3.05, 3.63) is 74.9 Å². The molecule has 1 aromatic heterocycles. The van der Waals surface area contributed by atoms with Crippen molar-refractivity contribution in [3.8, 4) is 17.2 Å². The van der Waals surface area contributed by atoms with Crippen molar-refractivity contribution < 1.29 is 19.0 Å². The number of benzene rings is 2. The van der Waals surface area contributed by atoms with Gasteiger partial charge in [0.15, 0.2) is 11.4 Å². The number of nitrogens with one attached hydrogen (secondary N) is 1. The lowest BCUT2D eigenvalue weighted by Crippen LogP contribution is -2.25. The molecule has 0 fully saturated rings. The van der Waals surface area contributed by atoms with E-state index in [0.717, 1.165) is 10.7 Å². The first-order valence-corrected chi connectivity index (χ1v) is 8.43. The van der Waals surface area contributed by atoms with Gasteiger partial charge in [-0.3, -0.25) is 9.59 Å². The van der Waals surface area contributed by atoms with Crippen LogP contribution in [0.15, 0.2) is 57.8 Å². The van der Waals surface area contributed by atoms with E-state index in [1.165, 1.54) is 19.2 Å². The van der Waals surface area contributed by atoms with Crippen LogP contribution in [0.25, 0.3) is 5.69 Å². The maximum absolute atomic E-state index is 13.9. The Morgan fingerprint density at radius 1 is 1.26 bits per heavy atom. The predicted octanol–water partition coefficient (Wildman–Crippen LogP) is 3.10. The minimum atomic E-state index is -0.877. The first-order chi connectivity index (χ1) is 12.9. The van der Waals surface area contributed by atoms with E-state index in [0.29, 0.717) is 10.2 Å². The van der Waals surface area contributed by atoms with E-state index in [2.05, 4.69) is 26.3 Å². The summed E-state index contributed by atoms with van der Waals surface area (Å²) in [6.07, 6.45) is 0. The molecule has 2 aromatic carbocycles. The largest absolute Gasteiger partial charge is 0.505 e. The molecule has 0 aliphatic rings. The second-order valence-electron chi connectivity index (χ2n) is 5.38. The molecule has 1 amide bonds. The van der Waals surface area contributed by atoms with Crippen molar-refractivity contribution in [3.63, 3.8) is 0 Å². The van der Waals surface area contributed by atoms with Crippen LogP contribution >= 0.6 is 15.9 Å². The monoisotopic (exact) mass is 433 g/mol. The van der Waals surface area contributed by atoms with Crippen LogP contribution in [0, 0.1) is 5.82 Å². The topological polar surface area (TPSA) is 93.5 Å². The van der Waals surface area contributed by atoms with Gasteiger partial charge in [0.25, 0.3) is 11.5 Å². The number of rotatable bonds is 4. The standard InChI is InChI=1S/C18H13BrFN3O4/c1-27-15-5-3-2-4-13(15)23-16(25)9-14(24)17(22-23)18(26)21-12-7-6-10(19)8-11(12)20/h2-9,24H,1H3,(H,21,26). The lowest BCUT2D eigenvalue weighted by molar-refractivity contribution is 0.101. The average Bonchev–Trinajstić information content (AvgIpc) is 2.64. The molecule has 0 aliphatic heterocycles. The normalized spacial score (nSPS) is 10.5. The molecule has 0 aliphatic carbocycles. The van der Waals surface area contributed by atoms with Crippen LogP contribution in [0.4, 0.5) is 10.1 Å². The summed E-state index contributed by atoms with van der Waals surface area (Å²) in [6.45, 7) is 0. The molecular weight excluding hydrogens is 421 g/mol. The van der Waals surface area contributed by atoms with Gasteiger partial charge in [0.05, 0.1) is 12.8 Å². The van der Waals surface area contributed by atoms with Crippen LogP contribution in [-0.4, -0.2) is 27.9 Å². The second kappa shape index (κ2) is 7.58. The van der Waals surface area contributed by atoms with E-state index in [4.69, 9.17) is 4.74 Å². The molecule has 3 aromatic rings. The third kappa shape index (κ3) is 3.82. The minimum absolute atomic E-state index is 0.0977. The molecule has 0 unspecified atom stereocenters. The number of amides is 1.